The van der Waals surface area contributed by atoms with Crippen molar-refractivity contribution >= 4 is 5.91 Å². The third kappa shape index (κ3) is 5.15. The molecule has 4 atom stereocenters. The van der Waals surface area contributed by atoms with Crippen LogP contribution in [-0.4, -0.2) is 59.9 Å². The van der Waals surface area contributed by atoms with Gasteiger partial charge in [0, 0.05) is 36.0 Å². The maximum atomic E-state index is 13.4. The van der Waals surface area contributed by atoms with E-state index in [1.165, 1.54) is 12.8 Å². The van der Waals surface area contributed by atoms with Crippen molar-refractivity contribution in [2.75, 3.05) is 26.7 Å². The Balaban J connectivity index is 1.06. The van der Waals surface area contributed by atoms with Crippen LogP contribution in [-0.2, 0) is 18.3 Å². The van der Waals surface area contributed by atoms with Crippen molar-refractivity contribution in [3.63, 3.8) is 0 Å². The van der Waals surface area contributed by atoms with Crippen LogP contribution in [0.3, 0.4) is 0 Å². The molecule has 0 spiro atoms. The summed E-state index contributed by atoms with van der Waals surface area (Å²) in [5.74, 6) is 1.80. The fourth-order valence-electron chi connectivity index (χ4n) is 8.12. The number of nitrogens with zero attached hydrogens (tertiary/aromatic N) is 1. The molecule has 3 aliphatic carbocycles. The molecule has 2 bridgehead atoms. The third-order valence-corrected chi connectivity index (χ3v) is 10.5. The SMILES string of the molecule is COc1ccc(-c2ccc(CCNC(=O)c3ccc4c(c3O)C35CCN(CC6CC6)C(C4)[C@@H]3C=C[C@H](O)C5)cc2)cc1C. The van der Waals surface area contributed by atoms with Crippen LogP contribution in [0.15, 0.2) is 66.7 Å². The number of carbonyl (C=O) groups excluding carboxylic acids is 1. The summed E-state index contributed by atoms with van der Waals surface area (Å²) in [4.78, 5) is 16.0. The number of ether oxygens (including phenoxy) is 1. The first kappa shape index (κ1) is 28.2. The number of amides is 1. The van der Waals surface area contributed by atoms with E-state index in [4.69, 9.17) is 4.74 Å². The molecule has 1 aliphatic heterocycles. The number of methoxy groups -OCH3 is 1. The van der Waals surface area contributed by atoms with Crippen molar-refractivity contribution in [2.24, 2.45) is 11.8 Å². The van der Waals surface area contributed by atoms with Gasteiger partial charge in [-0.15, -0.1) is 0 Å². The Morgan fingerprint density at radius 2 is 1.86 bits per heavy atom. The number of piperidine rings is 1. The van der Waals surface area contributed by atoms with Crippen LogP contribution in [0.2, 0.25) is 0 Å². The number of hydrogen-bond donors (Lipinski definition) is 3. The highest BCUT2D eigenvalue weighted by molar-refractivity contribution is 5.97. The molecule has 0 aromatic heterocycles. The zero-order valence-electron chi connectivity index (χ0n) is 25.2. The first-order valence-corrected chi connectivity index (χ1v) is 15.8. The number of fused-ring (bicyclic) bond motifs is 1. The van der Waals surface area contributed by atoms with Gasteiger partial charge in [0.2, 0.25) is 0 Å². The molecular formula is C37H42N2O4. The number of aryl methyl sites for hydroxylation is 1. The van der Waals surface area contributed by atoms with Crippen molar-refractivity contribution in [1.82, 2.24) is 10.2 Å². The van der Waals surface area contributed by atoms with E-state index in [9.17, 15) is 15.0 Å². The maximum Gasteiger partial charge on any atom is 0.255 e. The van der Waals surface area contributed by atoms with Crippen molar-refractivity contribution in [3.05, 3.63) is 94.6 Å². The summed E-state index contributed by atoms with van der Waals surface area (Å²) in [7, 11) is 1.69. The maximum absolute atomic E-state index is 13.4. The Morgan fingerprint density at radius 3 is 2.60 bits per heavy atom. The molecule has 6 heteroatoms. The molecule has 1 heterocycles. The summed E-state index contributed by atoms with van der Waals surface area (Å²) in [5.41, 5.74) is 6.55. The summed E-state index contributed by atoms with van der Waals surface area (Å²) in [6.45, 7) is 4.65. The number of rotatable bonds is 8. The van der Waals surface area contributed by atoms with E-state index in [0.717, 1.165) is 71.0 Å². The van der Waals surface area contributed by atoms with Crippen molar-refractivity contribution in [3.8, 4) is 22.6 Å². The predicted octanol–water partition coefficient (Wildman–Crippen LogP) is 5.56. The van der Waals surface area contributed by atoms with E-state index in [1.54, 1.807) is 13.2 Å². The number of phenolic OH excluding ortho intramolecular Hbond substituents is 1. The number of nitrogens with one attached hydrogen (secondary N) is 1. The standard InChI is InChI=1S/C37H42N2O4/c1-23-19-27(10-14-33(23)43-2)26-7-5-24(6-8-26)15-17-38-36(42)30-12-9-28-20-32-31-13-11-29(40)21-37(31,34(28)35(30)41)16-18-39(32)22-25-3-4-25/h5-14,19,25,29,31-32,40-41H,3-4,15-18,20-22H2,1-2H3,(H,38,42)/t29-,31-,32?,37?/m0/s1. The second kappa shape index (κ2) is 11.1. The van der Waals surface area contributed by atoms with Gasteiger partial charge in [0.1, 0.15) is 11.5 Å². The molecule has 3 aromatic carbocycles. The molecule has 43 heavy (non-hydrogen) atoms. The summed E-state index contributed by atoms with van der Waals surface area (Å²) in [5, 5.41) is 25.5. The molecule has 2 fully saturated rings. The molecule has 3 aromatic rings. The largest absolute Gasteiger partial charge is 0.507 e. The van der Waals surface area contributed by atoms with E-state index in [2.05, 4.69) is 58.8 Å². The molecule has 4 aliphatic rings. The van der Waals surface area contributed by atoms with E-state index in [1.807, 2.05) is 19.1 Å². The lowest BCUT2D eigenvalue weighted by atomic mass is 9.53. The van der Waals surface area contributed by atoms with Gasteiger partial charge >= 0.3 is 0 Å². The van der Waals surface area contributed by atoms with Gasteiger partial charge in [0.05, 0.1) is 18.8 Å². The second-order valence-electron chi connectivity index (χ2n) is 13.2. The molecule has 3 N–H and O–H groups in total. The highest BCUT2D eigenvalue weighted by atomic mass is 16.5. The van der Waals surface area contributed by atoms with Crippen molar-refractivity contribution in [1.29, 1.82) is 0 Å². The summed E-state index contributed by atoms with van der Waals surface area (Å²) >= 11 is 0. The zero-order valence-corrected chi connectivity index (χ0v) is 25.2. The Kier molecular flexibility index (Phi) is 7.30. The Morgan fingerprint density at radius 1 is 1.07 bits per heavy atom. The van der Waals surface area contributed by atoms with Gasteiger partial charge in [-0.3, -0.25) is 9.69 Å². The highest BCUT2D eigenvalue weighted by Gasteiger charge is 2.55. The fourth-order valence-corrected chi connectivity index (χ4v) is 8.12. The lowest BCUT2D eigenvalue weighted by Crippen LogP contribution is -2.61. The Labute approximate surface area is 254 Å². The van der Waals surface area contributed by atoms with Gasteiger partial charge in [-0.2, -0.15) is 0 Å². The van der Waals surface area contributed by atoms with E-state index >= 15 is 0 Å². The molecule has 0 radical (unpaired) electrons. The predicted molar refractivity (Wildman–Crippen MR) is 169 cm³/mol. The molecule has 1 amide bonds. The number of hydrogen-bond acceptors (Lipinski definition) is 5. The smallest absolute Gasteiger partial charge is 0.255 e. The first-order valence-electron chi connectivity index (χ1n) is 15.8. The summed E-state index contributed by atoms with van der Waals surface area (Å²) in [6.07, 6.45) is 9.33. The normalized spacial score (nSPS) is 26.0. The number of carbonyl (C=O) groups is 1. The average Bonchev–Trinajstić information content (AvgIpc) is 3.82. The Hall–Kier alpha value is -3.61. The molecule has 1 saturated heterocycles. The minimum Gasteiger partial charge on any atom is -0.507 e. The monoisotopic (exact) mass is 578 g/mol. The van der Waals surface area contributed by atoms with E-state index in [0.29, 0.717) is 31.0 Å². The number of aromatic hydroxyl groups is 1. The summed E-state index contributed by atoms with van der Waals surface area (Å²) < 4.78 is 5.38. The third-order valence-electron chi connectivity index (χ3n) is 10.5. The number of benzene rings is 3. The quantitative estimate of drug-likeness (QED) is 0.305. The van der Waals surface area contributed by atoms with Gasteiger partial charge in [-0.1, -0.05) is 48.6 Å². The molecule has 2 unspecified atom stereocenters. The van der Waals surface area contributed by atoms with Crippen LogP contribution in [0, 0.1) is 18.8 Å². The highest BCUT2D eigenvalue weighted by Crippen LogP contribution is 2.57. The van der Waals surface area contributed by atoms with Gasteiger partial charge in [0.15, 0.2) is 0 Å². The molecular weight excluding hydrogens is 536 g/mol. The van der Waals surface area contributed by atoms with Crippen LogP contribution in [0.1, 0.15) is 58.3 Å². The van der Waals surface area contributed by atoms with Crippen LogP contribution in [0.25, 0.3) is 11.1 Å². The molecule has 224 valence electrons. The lowest BCUT2D eigenvalue weighted by molar-refractivity contribution is 0.00393. The molecule has 1 saturated carbocycles. The van der Waals surface area contributed by atoms with Gasteiger partial charge in [0.25, 0.3) is 5.91 Å². The lowest BCUT2D eigenvalue weighted by Gasteiger charge is -2.58. The van der Waals surface area contributed by atoms with Gasteiger partial charge in [-0.05, 0) is 104 Å². The summed E-state index contributed by atoms with van der Waals surface area (Å²) in [6, 6.07) is 18.8. The fraction of sp³-hybridized carbons (Fsp3) is 0.432. The van der Waals surface area contributed by atoms with Crippen LogP contribution in [0.4, 0.5) is 0 Å². The number of phenols is 1. The number of likely N-dealkylation sites (tertiary alicyclic amines) is 1. The average molecular weight is 579 g/mol. The Bertz CT molecular complexity index is 1560. The molecule has 7 rings (SSSR count). The van der Waals surface area contributed by atoms with Crippen LogP contribution in [0.5, 0.6) is 11.5 Å². The number of aliphatic hydroxyl groups is 1. The van der Waals surface area contributed by atoms with E-state index < -0.39 is 6.10 Å². The van der Waals surface area contributed by atoms with Crippen molar-refractivity contribution in [2.45, 2.75) is 63.0 Å². The zero-order chi connectivity index (χ0) is 29.7. The van der Waals surface area contributed by atoms with Crippen molar-refractivity contribution < 1.29 is 19.7 Å². The van der Waals surface area contributed by atoms with Gasteiger partial charge in [-0.25, -0.2) is 0 Å². The first-order chi connectivity index (χ1) is 20.9. The van der Waals surface area contributed by atoms with Crippen LogP contribution < -0.4 is 10.1 Å². The topological polar surface area (TPSA) is 82.0 Å². The number of aliphatic hydroxyl groups excluding tert-OH is 1. The molecule has 6 nitrogen and oxygen atoms in total. The second-order valence-corrected chi connectivity index (χ2v) is 13.2. The minimum absolute atomic E-state index is 0.107. The van der Waals surface area contributed by atoms with E-state index in [-0.39, 0.29) is 23.0 Å². The van der Waals surface area contributed by atoms with Crippen LogP contribution >= 0.6 is 0 Å². The van der Waals surface area contributed by atoms with Gasteiger partial charge < -0.3 is 20.3 Å². The minimum atomic E-state index is -0.533.